The average molecular weight is 399 g/mol. The van der Waals surface area contributed by atoms with E-state index in [1.165, 1.54) is 17.7 Å². The number of rotatable bonds is 7. The first-order valence-corrected chi connectivity index (χ1v) is 9.72. The zero-order valence-electron chi connectivity index (χ0n) is 15.9. The van der Waals surface area contributed by atoms with E-state index in [0.29, 0.717) is 12.3 Å². The molecule has 0 atom stereocenters. The van der Waals surface area contributed by atoms with E-state index in [0.717, 1.165) is 10.6 Å². The van der Waals surface area contributed by atoms with Gasteiger partial charge in [-0.25, -0.2) is 4.79 Å². The van der Waals surface area contributed by atoms with Crippen LogP contribution in [0.5, 0.6) is 11.5 Å². The number of hydrogen-bond donors (Lipinski definition) is 0. The number of aromatic nitrogens is 3. The molecule has 0 aliphatic heterocycles. The maximum atomic E-state index is 12.8. The predicted molar refractivity (Wildman–Crippen MR) is 106 cm³/mol. The number of nitrogens with zero attached hydrogens (tertiary/aromatic N) is 3. The van der Waals surface area contributed by atoms with E-state index in [4.69, 9.17) is 9.47 Å². The van der Waals surface area contributed by atoms with Crippen LogP contribution in [-0.4, -0.2) is 26.7 Å². The van der Waals surface area contributed by atoms with Crippen LogP contribution in [0.1, 0.15) is 47.6 Å². The van der Waals surface area contributed by atoms with Gasteiger partial charge in [0.05, 0.1) is 29.9 Å². The number of esters is 1. The molecule has 0 saturated heterocycles. The highest BCUT2D eigenvalue weighted by molar-refractivity contribution is 7.05. The third-order valence-electron chi connectivity index (χ3n) is 3.97. The molecule has 2 heterocycles. The number of pyridine rings is 1. The van der Waals surface area contributed by atoms with Crippen LogP contribution in [0, 0.1) is 0 Å². The summed E-state index contributed by atoms with van der Waals surface area (Å²) in [7, 11) is 0. The minimum absolute atomic E-state index is 0.0559. The molecule has 0 radical (unpaired) electrons. The van der Waals surface area contributed by atoms with Crippen molar-refractivity contribution < 1.29 is 14.3 Å². The van der Waals surface area contributed by atoms with Gasteiger partial charge in [0, 0.05) is 6.20 Å². The molecule has 0 saturated carbocycles. The molecule has 0 unspecified atom stereocenters. The second-order valence-electron chi connectivity index (χ2n) is 6.41. The van der Waals surface area contributed by atoms with Gasteiger partial charge in [-0.05, 0) is 36.5 Å². The first-order valence-electron chi connectivity index (χ1n) is 8.94. The molecule has 0 N–H and O–H groups in total. The standard InChI is InChI=1S/C20H21N3O4S/c1-4-26-20(25)15-10-23(12-17-18(13(2)3)21-22-28-17)11-16(19(15)24)27-14-8-6-5-7-9-14/h5-11,13H,4,12H2,1-3H3. The highest BCUT2D eigenvalue weighted by Crippen LogP contribution is 2.23. The summed E-state index contributed by atoms with van der Waals surface area (Å²) in [5.41, 5.74) is 0.316. The van der Waals surface area contributed by atoms with E-state index >= 15 is 0 Å². The molecule has 3 aromatic rings. The van der Waals surface area contributed by atoms with Crippen LogP contribution in [0.3, 0.4) is 0 Å². The number of carbonyl (C=O) groups excluding carboxylic acids is 1. The van der Waals surface area contributed by atoms with Crippen LogP contribution < -0.4 is 10.2 Å². The molecule has 28 heavy (non-hydrogen) atoms. The first kappa shape index (κ1) is 19.8. The Morgan fingerprint density at radius 2 is 1.96 bits per heavy atom. The molecule has 2 aromatic heterocycles. The fraction of sp³-hybridized carbons (Fsp3) is 0.300. The van der Waals surface area contributed by atoms with Crippen LogP contribution in [0.15, 0.2) is 47.5 Å². The van der Waals surface area contributed by atoms with Gasteiger partial charge in [0.25, 0.3) is 0 Å². The minimum Gasteiger partial charge on any atom is -0.462 e. The Morgan fingerprint density at radius 1 is 1.21 bits per heavy atom. The van der Waals surface area contributed by atoms with E-state index in [1.54, 1.807) is 42.0 Å². The van der Waals surface area contributed by atoms with Crippen molar-refractivity contribution in [3.8, 4) is 11.5 Å². The lowest BCUT2D eigenvalue weighted by atomic mass is 10.1. The molecule has 1 aromatic carbocycles. The van der Waals surface area contributed by atoms with E-state index in [2.05, 4.69) is 9.59 Å². The molecular formula is C20H21N3O4S. The van der Waals surface area contributed by atoms with Gasteiger partial charge in [0.1, 0.15) is 11.3 Å². The Hall–Kier alpha value is -3.00. The number of para-hydroxylation sites is 1. The van der Waals surface area contributed by atoms with Gasteiger partial charge in [-0.15, -0.1) is 5.10 Å². The lowest BCUT2D eigenvalue weighted by Crippen LogP contribution is -2.21. The maximum absolute atomic E-state index is 12.8. The normalized spacial score (nSPS) is 10.9. The fourth-order valence-corrected chi connectivity index (χ4v) is 3.47. The van der Waals surface area contributed by atoms with Gasteiger partial charge >= 0.3 is 5.97 Å². The Morgan fingerprint density at radius 3 is 2.64 bits per heavy atom. The molecule has 8 heteroatoms. The SMILES string of the molecule is CCOC(=O)c1cn(Cc2snnc2C(C)C)cc(Oc2ccccc2)c1=O. The summed E-state index contributed by atoms with van der Waals surface area (Å²) in [5, 5.41) is 4.18. The maximum Gasteiger partial charge on any atom is 0.343 e. The van der Waals surface area contributed by atoms with Crippen LogP contribution in [-0.2, 0) is 11.3 Å². The Balaban J connectivity index is 2.02. The van der Waals surface area contributed by atoms with Crippen molar-refractivity contribution in [2.45, 2.75) is 33.2 Å². The van der Waals surface area contributed by atoms with Gasteiger partial charge in [-0.2, -0.15) is 0 Å². The van der Waals surface area contributed by atoms with Gasteiger partial charge in [-0.3, -0.25) is 4.79 Å². The summed E-state index contributed by atoms with van der Waals surface area (Å²) in [6.07, 6.45) is 3.07. The summed E-state index contributed by atoms with van der Waals surface area (Å²) in [4.78, 5) is 26.0. The Kier molecular flexibility index (Phi) is 6.20. The lowest BCUT2D eigenvalue weighted by molar-refractivity contribution is 0.0523. The molecular weight excluding hydrogens is 378 g/mol. The summed E-state index contributed by atoms with van der Waals surface area (Å²) in [5.74, 6) is 0.110. The average Bonchev–Trinajstić information content (AvgIpc) is 3.13. The quantitative estimate of drug-likeness (QED) is 0.561. The van der Waals surface area contributed by atoms with Crippen molar-refractivity contribution in [1.29, 1.82) is 0 Å². The third kappa shape index (κ3) is 4.45. The molecule has 0 bridgehead atoms. The molecule has 3 rings (SSSR count). The zero-order valence-corrected chi connectivity index (χ0v) is 16.7. The van der Waals surface area contributed by atoms with Gasteiger partial charge in [-0.1, -0.05) is 36.5 Å². The van der Waals surface area contributed by atoms with Crippen molar-refractivity contribution in [3.05, 3.63) is 69.1 Å². The number of benzene rings is 1. The van der Waals surface area contributed by atoms with Crippen molar-refractivity contribution in [2.75, 3.05) is 6.61 Å². The van der Waals surface area contributed by atoms with E-state index in [-0.39, 0.29) is 23.8 Å². The molecule has 0 spiro atoms. The Bertz CT molecular complexity index is 1010. The molecule has 0 aliphatic rings. The van der Waals surface area contributed by atoms with Crippen molar-refractivity contribution in [1.82, 2.24) is 14.2 Å². The van der Waals surface area contributed by atoms with Crippen molar-refractivity contribution in [3.63, 3.8) is 0 Å². The predicted octanol–water partition coefficient (Wildman–Crippen LogP) is 3.84. The summed E-state index contributed by atoms with van der Waals surface area (Å²) in [6, 6.07) is 8.95. The van der Waals surface area contributed by atoms with Gasteiger partial charge < -0.3 is 14.0 Å². The molecule has 0 fully saturated rings. The first-order chi connectivity index (χ1) is 13.5. The molecule has 146 valence electrons. The topological polar surface area (TPSA) is 83.3 Å². The van der Waals surface area contributed by atoms with E-state index < -0.39 is 11.4 Å². The van der Waals surface area contributed by atoms with E-state index in [9.17, 15) is 9.59 Å². The highest BCUT2D eigenvalue weighted by atomic mass is 32.1. The van der Waals surface area contributed by atoms with E-state index in [1.807, 2.05) is 19.9 Å². The van der Waals surface area contributed by atoms with Crippen molar-refractivity contribution in [2.24, 2.45) is 0 Å². The summed E-state index contributed by atoms with van der Waals surface area (Å²) < 4.78 is 16.5. The van der Waals surface area contributed by atoms with Crippen LogP contribution in [0.25, 0.3) is 0 Å². The highest BCUT2D eigenvalue weighted by Gasteiger charge is 2.19. The molecule has 0 aliphatic carbocycles. The number of carbonyl (C=O) groups is 1. The van der Waals surface area contributed by atoms with Crippen molar-refractivity contribution >= 4 is 17.5 Å². The smallest absolute Gasteiger partial charge is 0.343 e. The second kappa shape index (κ2) is 8.79. The number of hydrogen-bond acceptors (Lipinski definition) is 7. The fourth-order valence-electron chi connectivity index (χ4n) is 2.67. The largest absolute Gasteiger partial charge is 0.462 e. The Labute approximate surface area is 166 Å². The van der Waals surface area contributed by atoms with Crippen LogP contribution >= 0.6 is 11.5 Å². The third-order valence-corrected chi connectivity index (χ3v) is 4.69. The summed E-state index contributed by atoms with van der Waals surface area (Å²) >= 11 is 1.29. The summed E-state index contributed by atoms with van der Waals surface area (Å²) in [6.45, 7) is 6.37. The van der Waals surface area contributed by atoms with Gasteiger partial charge in [0.2, 0.25) is 5.43 Å². The van der Waals surface area contributed by atoms with Crippen LogP contribution in [0.2, 0.25) is 0 Å². The van der Waals surface area contributed by atoms with Gasteiger partial charge in [0.15, 0.2) is 5.75 Å². The number of ether oxygens (including phenoxy) is 2. The molecule has 0 amide bonds. The molecule has 7 nitrogen and oxygen atoms in total. The minimum atomic E-state index is -0.675. The lowest BCUT2D eigenvalue weighted by Gasteiger charge is -2.13. The zero-order chi connectivity index (χ0) is 20.1. The van der Waals surface area contributed by atoms with Crippen LogP contribution in [0.4, 0.5) is 0 Å². The second-order valence-corrected chi connectivity index (χ2v) is 7.25. The monoisotopic (exact) mass is 399 g/mol.